The van der Waals surface area contributed by atoms with Crippen LogP contribution in [-0.2, 0) is 14.3 Å². The highest BCUT2D eigenvalue weighted by Gasteiger charge is 2.41. The molecule has 2 unspecified atom stereocenters. The van der Waals surface area contributed by atoms with E-state index in [1.165, 1.54) is 0 Å². The molecule has 0 bridgehead atoms. The fraction of sp³-hybridized carbons (Fsp3) is 0.917. The minimum Gasteiger partial charge on any atom is -0.381 e. The molecule has 0 aromatic rings. The summed E-state index contributed by atoms with van der Waals surface area (Å²) in [4.78, 5) is 14.2. The molecule has 17 heavy (non-hydrogen) atoms. The number of hydrogen-bond donors (Lipinski definition) is 1. The van der Waals surface area contributed by atoms with Crippen LogP contribution in [0.5, 0.6) is 0 Å². The molecule has 2 aliphatic rings. The van der Waals surface area contributed by atoms with E-state index in [1.807, 2.05) is 14.0 Å². The van der Waals surface area contributed by atoms with Crippen LogP contribution in [0, 0.1) is 0 Å². The van der Waals surface area contributed by atoms with Crippen LogP contribution >= 0.6 is 0 Å². The quantitative estimate of drug-likeness (QED) is 0.747. The Morgan fingerprint density at radius 2 is 2.00 bits per heavy atom. The van der Waals surface area contributed by atoms with Gasteiger partial charge in [-0.1, -0.05) is 0 Å². The first-order valence-electron chi connectivity index (χ1n) is 6.30. The number of amides is 1. The molecular formula is C12H22N2O3. The fourth-order valence-corrected chi connectivity index (χ4v) is 2.68. The maximum absolute atomic E-state index is 12.4. The molecule has 0 aromatic carbocycles. The van der Waals surface area contributed by atoms with Crippen molar-refractivity contribution in [3.63, 3.8) is 0 Å². The normalized spacial score (nSPS) is 32.4. The molecule has 2 atom stereocenters. The molecule has 0 aromatic heterocycles. The van der Waals surface area contributed by atoms with Crippen LogP contribution in [0.1, 0.15) is 26.2 Å². The van der Waals surface area contributed by atoms with Crippen LogP contribution in [0.3, 0.4) is 0 Å². The lowest BCUT2D eigenvalue weighted by Crippen LogP contribution is -2.59. The number of carbonyl (C=O) groups excluding carboxylic acids is 1. The van der Waals surface area contributed by atoms with Gasteiger partial charge in [0.15, 0.2) is 0 Å². The summed E-state index contributed by atoms with van der Waals surface area (Å²) in [6.45, 7) is 3.89. The zero-order valence-corrected chi connectivity index (χ0v) is 10.6. The zero-order chi connectivity index (χ0) is 12.5. The molecular weight excluding hydrogens is 220 g/mol. The molecule has 2 fully saturated rings. The van der Waals surface area contributed by atoms with Crippen molar-refractivity contribution in [2.45, 2.75) is 43.9 Å². The van der Waals surface area contributed by atoms with Gasteiger partial charge < -0.3 is 20.1 Å². The minimum atomic E-state index is -0.741. The van der Waals surface area contributed by atoms with E-state index in [1.54, 1.807) is 4.90 Å². The second-order valence-electron chi connectivity index (χ2n) is 5.12. The Balaban J connectivity index is 2.03. The van der Waals surface area contributed by atoms with Gasteiger partial charge in [0.25, 0.3) is 0 Å². The van der Waals surface area contributed by atoms with Crippen molar-refractivity contribution in [3.8, 4) is 0 Å². The predicted molar refractivity (Wildman–Crippen MR) is 63.6 cm³/mol. The summed E-state index contributed by atoms with van der Waals surface area (Å²) < 4.78 is 10.8. The highest BCUT2D eigenvalue weighted by atomic mass is 16.5. The summed E-state index contributed by atoms with van der Waals surface area (Å²) in [5.74, 6) is 0.0307. The standard InChI is InChI=1S/C12H22N2O3/c1-9-10(3-6-17-9)14(2)11(15)12(13)4-7-16-8-5-12/h9-10H,3-8,13H2,1-2H3. The first-order valence-corrected chi connectivity index (χ1v) is 6.30. The van der Waals surface area contributed by atoms with Crippen molar-refractivity contribution >= 4 is 5.91 Å². The van der Waals surface area contributed by atoms with Gasteiger partial charge in [0.1, 0.15) is 0 Å². The zero-order valence-electron chi connectivity index (χ0n) is 10.6. The molecule has 0 aliphatic carbocycles. The number of nitrogens with two attached hydrogens (primary N) is 1. The van der Waals surface area contributed by atoms with Crippen molar-refractivity contribution in [1.29, 1.82) is 0 Å². The third-order valence-corrected chi connectivity index (χ3v) is 3.96. The van der Waals surface area contributed by atoms with Crippen molar-refractivity contribution in [2.75, 3.05) is 26.9 Å². The van der Waals surface area contributed by atoms with Crippen LogP contribution in [-0.4, -0.2) is 55.4 Å². The lowest BCUT2D eigenvalue weighted by atomic mass is 9.89. The maximum Gasteiger partial charge on any atom is 0.242 e. The maximum atomic E-state index is 12.4. The number of carbonyl (C=O) groups is 1. The fourth-order valence-electron chi connectivity index (χ4n) is 2.68. The molecule has 0 saturated carbocycles. The number of hydrogen-bond acceptors (Lipinski definition) is 4. The van der Waals surface area contributed by atoms with Crippen LogP contribution < -0.4 is 5.73 Å². The number of rotatable bonds is 2. The Labute approximate surface area is 102 Å². The van der Waals surface area contributed by atoms with Crippen molar-refractivity contribution in [3.05, 3.63) is 0 Å². The lowest BCUT2D eigenvalue weighted by molar-refractivity contribution is -0.142. The first-order chi connectivity index (χ1) is 8.04. The topological polar surface area (TPSA) is 64.8 Å². The summed E-state index contributed by atoms with van der Waals surface area (Å²) in [5.41, 5.74) is 5.46. The molecule has 5 heteroatoms. The average Bonchev–Trinajstić information content (AvgIpc) is 2.74. The van der Waals surface area contributed by atoms with Gasteiger partial charge in [-0.05, 0) is 26.2 Å². The number of likely N-dealkylation sites (N-methyl/N-ethyl adjacent to an activating group) is 1. The van der Waals surface area contributed by atoms with Crippen LogP contribution in [0.4, 0.5) is 0 Å². The number of nitrogens with zero attached hydrogens (tertiary/aromatic N) is 1. The van der Waals surface area contributed by atoms with E-state index in [0.29, 0.717) is 26.1 Å². The second kappa shape index (κ2) is 4.92. The third kappa shape index (κ3) is 2.46. The van der Waals surface area contributed by atoms with E-state index in [0.717, 1.165) is 13.0 Å². The molecule has 2 heterocycles. The molecule has 0 spiro atoms. The average molecular weight is 242 g/mol. The summed E-state index contributed by atoms with van der Waals surface area (Å²) in [5, 5.41) is 0. The Morgan fingerprint density at radius 1 is 1.35 bits per heavy atom. The molecule has 0 radical (unpaired) electrons. The first kappa shape index (κ1) is 12.8. The SMILES string of the molecule is CC1OCCC1N(C)C(=O)C1(N)CCOCC1. The van der Waals surface area contributed by atoms with Crippen LogP contribution in [0.15, 0.2) is 0 Å². The number of ether oxygens (including phenoxy) is 2. The Morgan fingerprint density at radius 3 is 2.53 bits per heavy atom. The molecule has 5 nitrogen and oxygen atoms in total. The summed E-state index contributed by atoms with van der Waals surface area (Å²) in [6.07, 6.45) is 2.22. The summed E-state index contributed by atoms with van der Waals surface area (Å²) >= 11 is 0. The highest BCUT2D eigenvalue weighted by Crippen LogP contribution is 2.25. The van der Waals surface area contributed by atoms with E-state index in [9.17, 15) is 4.79 Å². The predicted octanol–water partition coefficient (Wildman–Crippen LogP) is 0.130. The second-order valence-corrected chi connectivity index (χ2v) is 5.12. The summed E-state index contributed by atoms with van der Waals surface area (Å²) in [6, 6.07) is 0.158. The van der Waals surface area contributed by atoms with E-state index in [2.05, 4.69) is 0 Å². The van der Waals surface area contributed by atoms with Gasteiger partial charge in [-0.15, -0.1) is 0 Å². The van der Waals surface area contributed by atoms with E-state index < -0.39 is 5.54 Å². The van der Waals surface area contributed by atoms with E-state index >= 15 is 0 Å². The Kier molecular flexibility index (Phi) is 3.70. The van der Waals surface area contributed by atoms with Gasteiger partial charge in [-0.3, -0.25) is 4.79 Å². The van der Waals surface area contributed by atoms with Gasteiger partial charge >= 0.3 is 0 Å². The monoisotopic (exact) mass is 242 g/mol. The molecule has 2 aliphatic heterocycles. The van der Waals surface area contributed by atoms with Crippen molar-refractivity contribution in [2.24, 2.45) is 5.73 Å². The molecule has 2 rings (SSSR count). The summed E-state index contributed by atoms with van der Waals surface area (Å²) in [7, 11) is 1.84. The molecule has 98 valence electrons. The van der Waals surface area contributed by atoms with Gasteiger partial charge in [-0.25, -0.2) is 0 Å². The Hall–Kier alpha value is -0.650. The molecule has 2 N–H and O–H groups in total. The largest absolute Gasteiger partial charge is 0.381 e. The van der Waals surface area contributed by atoms with E-state index in [-0.39, 0.29) is 18.1 Å². The van der Waals surface area contributed by atoms with Gasteiger partial charge in [0.05, 0.1) is 17.7 Å². The van der Waals surface area contributed by atoms with Gasteiger partial charge in [-0.2, -0.15) is 0 Å². The third-order valence-electron chi connectivity index (χ3n) is 3.96. The minimum absolute atomic E-state index is 0.0307. The molecule has 2 saturated heterocycles. The lowest BCUT2D eigenvalue weighted by Gasteiger charge is -2.38. The highest BCUT2D eigenvalue weighted by molar-refractivity contribution is 5.86. The van der Waals surface area contributed by atoms with Crippen LogP contribution in [0.25, 0.3) is 0 Å². The van der Waals surface area contributed by atoms with E-state index in [4.69, 9.17) is 15.2 Å². The molecule has 1 amide bonds. The van der Waals surface area contributed by atoms with Crippen molar-refractivity contribution < 1.29 is 14.3 Å². The Bertz CT molecular complexity index is 289. The van der Waals surface area contributed by atoms with Crippen molar-refractivity contribution in [1.82, 2.24) is 4.90 Å². The van der Waals surface area contributed by atoms with Crippen LogP contribution in [0.2, 0.25) is 0 Å². The van der Waals surface area contributed by atoms with Gasteiger partial charge in [0, 0.05) is 26.9 Å². The van der Waals surface area contributed by atoms with Gasteiger partial charge in [0.2, 0.25) is 5.91 Å². The smallest absolute Gasteiger partial charge is 0.242 e.